The standard InChI is InChI=1S/C17H17N7O4S2/c1-24-10-7-13(22-24)15(25)21-17(29)20-11-3-5-12(6-4-11)30(26,27)23-14-16(28-2)19-9-8-18-14/h3-10H,1-2H3,(H,18,23)(H2,20,21,25,29). The molecule has 1 amide bonds. The first-order valence-corrected chi connectivity index (χ1v) is 10.3. The minimum absolute atomic E-state index is 0.0100. The molecule has 2 heterocycles. The Bertz CT molecular complexity index is 1180. The molecule has 2 aromatic heterocycles. The van der Waals surface area contributed by atoms with E-state index in [-0.39, 0.29) is 27.4 Å². The molecule has 0 saturated heterocycles. The molecule has 0 aliphatic rings. The summed E-state index contributed by atoms with van der Waals surface area (Å²) < 4.78 is 33.9. The number of hydrogen-bond donors (Lipinski definition) is 3. The van der Waals surface area contributed by atoms with Crippen LogP contribution in [0.15, 0.2) is 53.8 Å². The molecule has 156 valence electrons. The van der Waals surface area contributed by atoms with Crippen LogP contribution in [0.5, 0.6) is 5.88 Å². The van der Waals surface area contributed by atoms with Crippen molar-refractivity contribution in [2.45, 2.75) is 4.90 Å². The third kappa shape index (κ3) is 5.07. The Labute approximate surface area is 177 Å². The van der Waals surface area contributed by atoms with E-state index in [0.717, 1.165) is 0 Å². The normalized spacial score (nSPS) is 10.9. The zero-order valence-corrected chi connectivity index (χ0v) is 17.5. The smallest absolute Gasteiger partial charge is 0.277 e. The van der Waals surface area contributed by atoms with Crippen molar-refractivity contribution in [1.29, 1.82) is 0 Å². The van der Waals surface area contributed by atoms with Gasteiger partial charge in [-0.25, -0.2) is 18.4 Å². The summed E-state index contributed by atoms with van der Waals surface area (Å²) in [5.74, 6) is -0.441. The molecular weight excluding hydrogens is 430 g/mol. The molecule has 0 atom stereocenters. The van der Waals surface area contributed by atoms with Gasteiger partial charge >= 0.3 is 0 Å². The molecule has 30 heavy (non-hydrogen) atoms. The molecule has 0 saturated carbocycles. The maximum absolute atomic E-state index is 12.6. The highest BCUT2D eigenvalue weighted by molar-refractivity contribution is 7.92. The lowest BCUT2D eigenvalue weighted by molar-refractivity contribution is 0.0972. The lowest BCUT2D eigenvalue weighted by Gasteiger charge is -2.11. The van der Waals surface area contributed by atoms with Gasteiger partial charge in [0.2, 0.25) is 5.82 Å². The van der Waals surface area contributed by atoms with Gasteiger partial charge in [0.25, 0.3) is 21.8 Å². The first-order valence-electron chi connectivity index (χ1n) is 8.38. The molecule has 0 aliphatic heterocycles. The molecule has 3 rings (SSSR count). The molecule has 0 fully saturated rings. The number of benzene rings is 1. The van der Waals surface area contributed by atoms with Gasteiger partial charge in [-0.1, -0.05) is 0 Å². The van der Waals surface area contributed by atoms with Crippen LogP contribution in [0.3, 0.4) is 0 Å². The number of methoxy groups -OCH3 is 1. The van der Waals surface area contributed by atoms with Crippen LogP contribution in [0, 0.1) is 0 Å². The topological polar surface area (TPSA) is 140 Å². The third-order valence-corrected chi connectivity index (χ3v) is 5.24. The summed E-state index contributed by atoms with van der Waals surface area (Å²) in [6.07, 6.45) is 4.36. The highest BCUT2D eigenvalue weighted by Gasteiger charge is 2.18. The van der Waals surface area contributed by atoms with Crippen LogP contribution < -0.4 is 20.1 Å². The molecule has 0 spiro atoms. The van der Waals surface area contributed by atoms with Crippen molar-refractivity contribution in [3.63, 3.8) is 0 Å². The fraction of sp³-hybridized carbons (Fsp3) is 0.118. The quantitative estimate of drug-likeness (QED) is 0.475. The summed E-state index contributed by atoms with van der Waals surface area (Å²) in [6, 6.07) is 7.30. The molecule has 0 unspecified atom stereocenters. The van der Waals surface area contributed by atoms with Crippen LogP contribution in [0.4, 0.5) is 11.5 Å². The van der Waals surface area contributed by atoms with Gasteiger partial charge in [0.1, 0.15) is 0 Å². The van der Waals surface area contributed by atoms with Gasteiger partial charge in [0, 0.05) is 31.3 Å². The number of carbonyl (C=O) groups excluding carboxylic acids is 1. The van der Waals surface area contributed by atoms with Crippen LogP contribution in [0.2, 0.25) is 0 Å². The van der Waals surface area contributed by atoms with E-state index in [2.05, 4.69) is 30.4 Å². The first kappa shape index (κ1) is 21.1. The van der Waals surface area contributed by atoms with Crippen molar-refractivity contribution in [2.24, 2.45) is 7.05 Å². The Balaban J connectivity index is 1.65. The van der Waals surface area contributed by atoms with Gasteiger partial charge in [-0.2, -0.15) is 5.10 Å². The van der Waals surface area contributed by atoms with E-state index >= 15 is 0 Å². The van der Waals surface area contributed by atoms with E-state index < -0.39 is 15.9 Å². The second kappa shape index (κ2) is 8.84. The highest BCUT2D eigenvalue weighted by Crippen LogP contribution is 2.22. The number of hydrogen-bond acceptors (Lipinski definition) is 8. The van der Waals surface area contributed by atoms with E-state index in [1.165, 1.54) is 48.5 Å². The van der Waals surface area contributed by atoms with Gasteiger partial charge in [0.15, 0.2) is 10.8 Å². The molecule has 1 aromatic carbocycles. The lowest BCUT2D eigenvalue weighted by atomic mass is 10.3. The molecule has 3 N–H and O–H groups in total. The predicted octanol–water partition coefficient (Wildman–Crippen LogP) is 1.15. The largest absolute Gasteiger partial charge is 0.478 e. The van der Waals surface area contributed by atoms with Crippen molar-refractivity contribution >= 4 is 44.8 Å². The minimum Gasteiger partial charge on any atom is -0.478 e. The fourth-order valence-electron chi connectivity index (χ4n) is 2.31. The molecule has 0 bridgehead atoms. The number of carbonyl (C=O) groups is 1. The van der Waals surface area contributed by atoms with Crippen molar-refractivity contribution in [1.82, 2.24) is 25.1 Å². The van der Waals surface area contributed by atoms with E-state index in [1.54, 1.807) is 19.3 Å². The lowest BCUT2D eigenvalue weighted by Crippen LogP contribution is -2.34. The summed E-state index contributed by atoms with van der Waals surface area (Å²) in [5, 5.41) is 9.32. The van der Waals surface area contributed by atoms with E-state index in [1.807, 2.05) is 0 Å². The number of amides is 1. The van der Waals surface area contributed by atoms with Gasteiger partial charge in [-0.3, -0.25) is 19.5 Å². The number of aromatic nitrogens is 4. The van der Waals surface area contributed by atoms with Crippen LogP contribution in [-0.4, -0.2) is 46.3 Å². The Kier molecular flexibility index (Phi) is 6.23. The van der Waals surface area contributed by atoms with Crippen molar-refractivity contribution in [3.8, 4) is 5.88 Å². The zero-order chi connectivity index (χ0) is 21.7. The van der Waals surface area contributed by atoms with E-state index in [0.29, 0.717) is 5.69 Å². The summed E-state index contributed by atoms with van der Waals surface area (Å²) in [6.45, 7) is 0. The Hall–Kier alpha value is -3.58. The molecule has 3 aromatic rings. The van der Waals surface area contributed by atoms with Gasteiger partial charge < -0.3 is 10.1 Å². The van der Waals surface area contributed by atoms with Gasteiger partial charge in [-0.15, -0.1) is 0 Å². The van der Waals surface area contributed by atoms with Crippen LogP contribution >= 0.6 is 12.2 Å². The number of aryl methyl sites for hydroxylation is 1. The Morgan fingerprint density at radius 3 is 2.47 bits per heavy atom. The number of nitrogens with zero attached hydrogens (tertiary/aromatic N) is 4. The van der Waals surface area contributed by atoms with Crippen LogP contribution in [-0.2, 0) is 17.1 Å². The van der Waals surface area contributed by atoms with Crippen LogP contribution in [0.25, 0.3) is 0 Å². The second-order valence-electron chi connectivity index (χ2n) is 5.83. The minimum atomic E-state index is -3.92. The molecule has 0 aliphatic carbocycles. The number of thiocarbonyl (C=S) groups is 1. The number of sulfonamides is 1. The number of nitrogens with one attached hydrogen (secondary N) is 3. The summed E-state index contributed by atoms with van der Waals surface area (Å²) in [4.78, 5) is 19.8. The SMILES string of the molecule is COc1nccnc1NS(=O)(=O)c1ccc(NC(=S)NC(=O)c2ccn(C)n2)cc1. The number of rotatable bonds is 6. The summed E-state index contributed by atoms with van der Waals surface area (Å²) in [7, 11) is -0.866. The van der Waals surface area contributed by atoms with E-state index in [4.69, 9.17) is 17.0 Å². The van der Waals surface area contributed by atoms with Crippen molar-refractivity contribution in [2.75, 3.05) is 17.1 Å². The Morgan fingerprint density at radius 2 is 1.83 bits per heavy atom. The molecule has 11 nitrogen and oxygen atoms in total. The second-order valence-corrected chi connectivity index (χ2v) is 7.92. The Morgan fingerprint density at radius 1 is 1.13 bits per heavy atom. The number of anilines is 2. The summed E-state index contributed by atoms with van der Waals surface area (Å²) >= 11 is 5.10. The van der Waals surface area contributed by atoms with Gasteiger partial charge in [-0.05, 0) is 42.5 Å². The fourth-order valence-corrected chi connectivity index (χ4v) is 3.53. The van der Waals surface area contributed by atoms with E-state index in [9.17, 15) is 13.2 Å². The maximum atomic E-state index is 12.6. The van der Waals surface area contributed by atoms with Crippen molar-refractivity contribution in [3.05, 3.63) is 54.6 Å². The zero-order valence-electron chi connectivity index (χ0n) is 15.9. The van der Waals surface area contributed by atoms with Crippen molar-refractivity contribution < 1.29 is 17.9 Å². The molecule has 13 heteroatoms. The average molecular weight is 448 g/mol. The maximum Gasteiger partial charge on any atom is 0.277 e. The highest BCUT2D eigenvalue weighted by atomic mass is 32.2. The summed E-state index contributed by atoms with van der Waals surface area (Å²) in [5.41, 5.74) is 0.700. The predicted molar refractivity (Wildman–Crippen MR) is 113 cm³/mol. The van der Waals surface area contributed by atoms with Crippen LogP contribution in [0.1, 0.15) is 10.5 Å². The monoisotopic (exact) mass is 447 g/mol. The third-order valence-electron chi connectivity index (χ3n) is 3.68. The average Bonchev–Trinajstić information content (AvgIpc) is 3.15. The molecule has 0 radical (unpaired) electrons. The molecular formula is C17H17N7O4S2. The van der Waals surface area contributed by atoms with Gasteiger partial charge in [0.05, 0.1) is 12.0 Å². The number of ether oxygens (including phenoxy) is 1. The first-order chi connectivity index (χ1) is 14.3.